The Morgan fingerprint density at radius 3 is 2.37 bits per heavy atom. The third-order valence-electron chi connectivity index (χ3n) is 3.55. The average molecular weight is 502 g/mol. The van der Waals surface area contributed by atoms with Crippen LogP contribution in [0.1, 0.15) is 32.1 Å². The Morgan fingerprint density at radius 1 is 1.16 bits per heavy atom. The van der Waals surface area contributed by atoms with Gasteiger partial charge in [0.25, 0.3) is 0 Å². The second-order valence-electron chi connectivity index (χ2n) is 4.88. The zero-order valence-electron chi connectivity index (χ0n) is 12.3. The Morgan fingerprint density at radius 2 is 1.79 bits per heavy atom. The van der Waals surface area contributed by atoms with Gasteiger partial charge < -0.3 is 17.5 Å². The number of allylic oxidation sites excluding steroid dienone is 1. The summed E-state index contributed by atoms with van der Waals surface area (Å²) in [7, 11) is 1.92. The molecule has 0 saturated heterocycles. The molecule has 19 heavy (non-hydrogen) atoms. The van der Waals surface area contributed by atoms with Crippen molar-refractivity contribution in [2.75, 3.05) is 32.1 Å². The maximum Gasteiger partial charge on any atom is 2.00 e. The second-order valence-corrected chi connectivity index (χ2v) is 5.53. The minimum Gasteiger partial charge on any atom is -0.665 e. The van der Waals surface area contributed by atoms with Gasteiger partial charge in [-0.3, -0.25) is 0 Å². The van der Waals surface area contributed by atoms with E-state index in [0.29, 0.717) is 0 Å². The number of alkyl halides is 1. The largest absolute Gasteiger partial charge is 2.00 e. The molecule has 1 rings (SSSR count). The molecule has 112 valence electrons. The first-order valence-corrected chi connectivity index (χ1v) is 7.83. The minimum absolute atomic E-state index is 0. The summed E-state index contributed by atoms with van der Waals surface area (Å²) in [5.74, 6) is 1.71. The molecule has 0 aliphatic heterocycles. The van der Waals surface area contributed by atoms with Crippen molar-refractivity contribution in [2.45, 2.75) is 32.1 Å². The van der Waals surface area contributed by atoms with Crippen LogP contribution in [0.25, 0.3) is 5.32 Å². The molecule has 0 bridgehead atoms. The van der Waals surface area contributed by atoms with Gasteiger partial charge in [-0.1, -0.05) is 47.3 Å². The van der Waals surface area contributed by atoms with E-state index in [1.54, 1.807) is 0 Å². The topological polar surface area (TPSA) is 23.3 Å². The molecule has 0 aromatic carbocycles. The van der Waals surface area contributed by atoms with Crippen LogP contribution in [-0.2, 0) is 25.8 Å². The Hall–Kier alpha value is 0.828. The number of hydrogen-bond donors (Lipinski definition) is 0. The van der Waals surface area contributed by atoms with E-state index in [4.69, 9.17) is 4.74 Å². The molecule has 0 aromatic rings. The smallest absolute Gasteiger partial charge is 0.665 e. The summed E-state index contributed by atoms with van der Waals surface area (Å²) < 4.78 is 5.67. The molecule has 2 nitrogen and oxygen atoms in total. The normalized spacial score (nSPS) is 22.8. The number of rotatable bonds is 8. The molecular weight excluding hydrogens is 474 g/mol. The molecule has 0 aromatic heterocycles. The van der Waals surface area contributed by atoms with Crippen LogP contribution >= 0.6 is 15.9 Å². The van der Waals surface area contributed by atoms with Crippen LogP contribution in [0.2, 0.25) is 0 Å². The second kappa shape index (κ2) is 15.2. The van der Waals surface area contributed by atoms with Gasteiger partial charge in [-0.2, -0.15) is 7.05 Å². The summed E-state index contributed by atoms with van der Waals surface area (Å²) in [6.07, 6.45) is 10.9. The van der Waals surface area contributed by atoms with Gasteiger partial charge in [-0.25, -0.2) is 0 Å². The Bertz CT molecular complexity index is 206. The zero-order valence-corrected chi connectivity index (χ0v) is 16.8. The van der Waals surface area contributed by atoms with E-state index in [1.807, 2.05) is 7.05 Å². The summed E-state index contributed by atoms with van der Waals surface area (Å²) in [5.41, 5.74) is 0. The van der Waals surface area contributed by atoms with Crippen molar-refractivity contribution in [1.29, 1.82) is 0 Å². The van der Waals surface area contributed by atoms with Gasteiger partial charge in [0.05, 0.1) is 6.61 Å². The summed E-state index contributed by atoms with van der Waals surface area (Å²) in [5, 5.41) is 5.11. The van der Waals surface area contributed by atoms with E-state index >= 15 is 0 Å². The minimum atomic E-state index is 0. The van der Waals surface area contributed by atoms with E-state index in [-0.39, 0.29) is 28.5 Å². The molecule has 1 aliphatic rings. The van der Waals surface area contributed by atoms with Crippen molar-refractivity contribution in [3.05, 3.63) is 24.9 Å². The molecule has 0 N–H and O–H groups in total. The molecular formula is C15H28BrNOW. The fourth-order valence-electron chi connectivity index (χ4n) is 2.43. The number of nitrogens with zero attached hydrogens (tertiary/aromatic N) is 1. The van der Waals surface area contributed by atoms with Crippen molar-refractivity contribution in [3.8, 4) is 0 Å². The van der Waals surface area contributed by atoms with Crippen molar-refractivity contribution >= 4 is 15.9 Å². The summed E-state index contributed by atoms with van der Waals surface area (Å²) in [6.45, 7) is 2.75. The Balaban J connectivity index is 0. The van der Waals surface area contributed by atoms with E-state index in [9.17, 15) is 0 Å². The van der Waals surface area contributed by atoms with Crippen molar-refractivity contribution in [3.63, 3.8) is 0 Å². The predicted octanol–water partition coefficient (Wildman–Crippen LogP) is 4.60. The molecule has 1 fully saturated rings. The van der Waals surface area contributed by atoms with Crippen LogP contribution in [0.5, 0.6) is 0 Å². The molecule has 0 spiro atoms. The molecule has 0 heterocycles. The SMILES string of the molecule is C[N-]CCC1CCC(COC/C=C/CBr)CC1.[CH3-].[W+2]. The molecule has 1 saturated carbocycles. The van der Waals surface area contributed by atoms with Gasteiger partial charge in [0.2, 0.25) is 0 Å². The van der Waals surface area contributed by atoms with Gasteiger partial charge in [-0.15, -0.1) is 6.54 Å². The van der Waals surface area contributed by atoms with Crippen molar-refractivity contribution in [2.24, 2.45) is 11.8 Å². The fourth-order valence-corrected chi connectivity index (χ4v) is 2.70. The van der Waals surface area contributed by atoms with Crippen LogP contribution < -0.4 is 0 Å². The van der Waals surface area contributed by atoms with Crippen LogP contribution in [0.15, 0.2) is 12.2 Å². The average Bonchev–Trinajstić information content (AvgIpc) is 2.37. The number of hydrogen-bond acceptors (Lipinski definition) is 1. The van der Waals surface area contributed by atoms with E-state index < -0.39 is 0 Å². The summed E-state index contributed by atoms with van der Waals surface area (Å²) in [6, 6.07) is 0. The standard InChI is InChI=1S/C14H25BrNO.CH3.W/c1-16-10-8-13-4-6-14(7-5-13)12-17-11-3-2-9-15;;/h2-3,13-14H,4-12H2,1H3;1H3;/q2*-1;+2/b3-2+;;. The van der Waals surface area contributed by atoms with Crippen molar-refractivity contribution in [1.82, 2.24) is 0 Å². The molecule has 0 radical (unpaired) electrons. The first-order chi connectivity index (χ1) is 8.36. The van der Waals surface area contributed by atoms with Gasteiger partial charge in [-0.05, 0) is 24.7 Å². The maximum atomic E-state index is 5.67. The van der Waals surface area contributed by atoms with Gasteiger partial charge in [0.1, 0.15) is 0 Å². The predicted molar refractivity (Wildman–Crippen MR) is 84.4 cm³/mol. The molecule has 0 amide bonds. The first kappa shape index (κ1) is 22.1. The third kappa shape index (κ3) is 11.2. The third-order valence-corrected chi connectivity index (χ3v) is 3.92. The number of ether oxygens (including phenoxy) is 1. The van der Waals surface area contributed by atoms with Crippen LogP contribution in [0.4, 0.5) is 0 Å². The van der Waals surface area contributed by atoms with Crippen LogP contribution in [0, 0.1) is 19.3 Å². The van der Waals surface area contributed by atoms with E-state index in [0.717, 1.165) is 36.9 Å². The molecule has 1 aliphatic carbocycles. The Labute approximate surface area is 142 Å². The summed E-state index contributed by atoms with van der Waals surface area (Å²) in [4.78, 5) is 0. The van der Waals surface area contributed by atoms with Crippen LogP contribution in [0.3, 0.4) is 0 Å². The summed E-state index contributed by atoms with van der Waals surface area (Å²) >= 11 is 3.36. The fraction of sp³-hybridized carbons (Fsp3) is 0.800. The van der Waals surface area contributed by atoms with Gasteiger partial charge >= 0.3 is 21.1 Å². The van der Waals surface area contributed by atoms with Crippen molar-refractivity contribution < 1.29 is 25.8 Å². The monoisotopic (exact) mass is 501 g/mol. The maximum absolute atomic E-state index is 5.67. The molecule has 4 heteroatoms. The first-order valence-electron chi connectivity index (χ1n) is 6.71. The van der Waals surface area contributed by atoms with Crippen LogP contribution in [-0.4, -0.2) is 32.1 Å². The number of halogens is 1. The molecule has 0 unspecified atom stereocenters. The molecule has 0 atom stereocenters. The zero-order chi connectivity index (χ0) is 12.3. The van der Waals surface area contributed by atoms with E-state index in [2.05, 4.69) is 33.4 Å². The van der Waals surface area contributed by atoms with Gasteiger partial charge in [0.15, 0.2) is 0 Å². The van der Waals surface area contributed by atoms with E-state index in [1.165, 1.54) is 32.1 Å². The van der Waals surface area contributed by atoms with Gasteiger partial charge in [0, 0.05) is 11.9 Å². The quantitative estimate of drug-likeness (QED) is 0.206. The Kier molecular flexibility index (Phi) is 17.7.